The maximum absolute atomic E-state index is 10.7. The lowest BCUT2D eigenvalue weighted by Crippen LogP contribution is -2.21. The third kappa shape index (κ3) is 1.88. The Morgan fingerprint density at radius 3 is 2.89 bits per heavy atom. The van der Waals surface area contributed by atoms with Crippen molar-refractivity contribution in [1.82, 2.24) is 5.32 Å². The summed E-state index contributed by atoms with van der Waals surface area (Å²) in [6.45, 7) is 4.59. The molecule has 0 bridgehead atoms. The smallest absolute Gasteiger partial charge is 0.220 e. The van der Waals surface area contributed by atoms with E-state index in [0.717, 1.165) is 19.4 Å². The van der Waals surface area contributed by atoms with Crippen LogP contribution in [0, 0.1) is 0 Å². The summed E-state index contributed by atoms with van der Waals surface area (Å²) in [6, 6.07) is 0. The predicted octanol–water partition coefficient (Wildman–Crippen LogP) is 0.843. The maximum Gasteiger partial charge on any atom is 0.220 e. The number of hydrogen-bond acceptors (Lipinski definition) is 1. The summed E-state index contributed by atoms with van der Waals surface area (Å²) in [6.07, 6.45) is 2.44. The van der Waals surface area contributed by atoms with Gasteiger partial charge in [-0.25, -0.2) is 0 Å². The predicted molar refractivity (Wildman–Crippen MR) is 36.0 cm³/mol. The van der Waals surface area contributed by atoms with Gasteiger partial charge < -0.3 is 5.32 Å². The molecular formula is C7H11NO. The van der Waals surface area contributed by atoms with Crippen molar-refractivity contribution in [2.45, 2.75) is 19.3 Å². The number of rotatable bonds is 0. The van der Waals surface area contributed by atoms with Gasteiger partial charge in [-0.2, -0.15) is 0 Å². The van der Waals surface area contributed by atoms with E-state index in [4.69, 9.17) is 0 Å². The molecule has 2 heteroatoms. The molecule has 1 aliphatic rings. The van der Waals surface area contributed by atoms with E-state index < -0.39 is 0 Å². The van der Waals surface area contributed by atoms with Crippen LogP contribution in [0.5, 0.6) is 0 Å². The van der Waals surface area contributed by atoms with Crippen molar-refractivity contribution < 1.29 is 4.79 Å². The molecule has 0 radical (unpaired) electrons. The Hall–Kier alpha value is -0.790. The molecule has 50 valence electrons. The normalized spacial score (nSPS) is 20.9. The third-order valence-electron chi connectivity index (χ3n) is 1.51. The Bertz CT molecular complexity index is 124. The molecule has 0 atom stereocenters. The highest BCUT2D eigenvalue weighted by Gasteiger charge is 2.06. The van der Waals surface area contributed by atoms with Crippen LogP contribution in [-0.2, 0) is 4.79 Å². The number of hydrogen-bond donors (Lipinski definition) is 1. The molecule has 0 aromatic heterocycles. The topological polar surface area (TPSA) is 29.1 Å². The first-order valence-electron chi connectivity index (χ1n) is 3.22. The molecule has 1 rings (SSSR count). The van der Waals surface area contributed by atoms with Gasteiger partial charge >= 0.3 is 0 Å². The molecule has 2 nitrogen and oxygen atoms in total. The molecule has 1 aliphatic heterocycles. The molecule has 0 aliphatic carbocycles. The van der Waals surface area contributed by atoms with Crippen molar-refractivity contribution in [2.75, 3.05) is 6.54 Å². The SMILES string of the molecule is C=C1CCNC(=O)CC1. The molecule has 0 aromatic carbocycles. The fraction of sp³-hybridized carbons (Fsp3) is 0.571. The Morgan fingerprint density at radius 1 is 1.33 bits per heavy atom. The van der Waals surface area contributed by atoms with Crippen LogP contribution in [0.3, 0.4) is 0 Å². The van der Waals surface area contributed by atoms with Gasteiger partial charge in [-0.15, -0.1) is 0 Å². The lowest BCUT2D eigenvalue weighted by Gasteiger charge is -1.94. The monoisotopic (exact) mass is 125 g/mol. The first-order chi connectivity index (χ1) is 4.29. The highest BCUT2D eigenvalue weighted by atomic mass is 16.1. The molecule has 1 N–H and O–H groups in total. The van der Waals surface area contributed by atoms with Gasteiger partial charge in [0.2, 0.25) is 5.91 Å². The number of carbonyl (C=O) groups excluding carboxylic acids is 1. The Labute approximate surface area is 54.9 Å². The molecule has 1 heterocycles. The van der Waals surface area contributed by atoms with E-state index in [1.807, 2.05) is 0 Å². The van der Waals surface area contributed by atoms with E-state index in [0.29, 0.717) is 6.42 Å². The Kier molecular flexibility index (Phi) is 1.88. The lowest BCUT2D eigenvalue weighted by atomic mass is 10.1. The van der Waals surface area contributed by atoms with Crippen LogP contribution < -0.4 is 5.32 Å². The summed E-state index contributed by atoms with van der Waals surface area (Å²) in [5, 5.41) is 2.78. The molecule has 0 aromatic rings. The summed E-state index contributed by atoms with van der Waals surface area (Å²) in [5.41, 5.74) is 1.19. The Morgan fingerprint density at radius 2 is 2.11 bits per heavy atom. The highest BCUT2D eigenvalue weighted by Crippen LogP contribution is 2.08. The first kappa shape index (κ1) is 6.33. The van der Waals surface area contributed by atoms with Crippen molar-refractivity contribution in [1.29, 1.82) is 0 Å². The zero-order valence-electron chi connectivity index (χ0n) is 5.44. The van der Waals surface area contributed by atoms with Crippen LogP contribution in [-0.4, -0.2) is 12.5 Å². The minimum Gasteiger partial charge on any atom is -0.356 e. The van der Waals surface area contributed by atoms with Gasteiger partial charge in [-0.3, -0.25) is 4.79 Å². The van der Waals surface area contributed by atoms with Crippen molar-refractivity contribution in [3.63, 3.8) is 0 Å². The summed E-state index contributed by atoms with van der Waals surface area (Å²) >= 11 is 0. The minimum absolute atomic E-state index is 0.161. The second kappa shape index (κ2) is 2.67. The second-order valence-electron chi connectivity index (χ2n) is 2.35. The number of carbonyl (C=O) groups is 1. The van der Waals surface area contributed by atoms with E-state index in [1.54, 1.807) is 0 Å². The van der Waals surface area contributed by atoms with E-state index in [-0.39, 0.29) is 5.91 Å². The van der Waals surface area contributed by atoms with Gasteiger partial charge in [0.05, 0.1) is 0 Å². The van der Waals surface area contributed by atoms with Crippen molar-refractivity contribution in [2.24, 2.45) is 0 Å². The average Bonchev–Trinajstić information content (AvgIpc) is 1.97. The third-order valence-corrected chi connectivity index (χ3v) is 1.51. The van der Waals surface area contributed by atoms with E-state index in [2.05, 4.69) is 11.9 Å². The van der Waals surface area contributed by atoms with Gasteiger partial charge in [-0.1, -0.05) is 12.2 Å². The van der Waals surface area contributed by atoms with Crippen LogP contribution >= 0.6 is 0 Å². The van der Waals surface area contributed by atoms with Crippen LogP contribution in [0.1, 0.15) is 19.3 Å². The van der Waals surface area contributed by atoms with E-state index >= 15 is 0 Å². The minimum atomic E-state index is 0.161. The van der Waals surface area contributed by atoms with Crippen LogP contribution in [0.25, 0.3) is 0 Å². The van der Waals surface area contributed by atoms with Crippen molar-refractivity contribution in [3.05, 3.63) is 12.2 Å². The zero-order chi connectivity index (χ0) is 6.69. The highest BCUT2D eigenvalue weighted by molar-refractivity contribution is 5.76. The summed E-state index contributed by atoms with van der Waals surface area (Å²) in [7, 11) is 0. The largest absolute Gasteiger partial charge is 0.356 e. The van der Waals surface area contributed by atoms with Gasteiger partial charge in [0.15, 0.2) is 0 Å². The molecule has 9 heavy (non-hydrogen) atoms. The number of amides is 1. The summed E-state index contributed by atoms with van der Waals surface area (Å²) in [4.78, 5) is 10.7. The molecular weight excluding hydrogens is 114 g/mol. The summed E-state index contributed by atoms with van der Waals surface area (Å²) < 4.78 is 0. The summed E-state index contributed by atoms with van der Waals surface area (Å²) in [5.74, 6) is 0.161. The molecule has 0 saturated carbocycles. The molecule has 1 amide bonds. The Balaban J connectivity index is 2.43. The average molecular weight is 125 g/mol. The van der Waals surface area contributed by atoms with E-state index in [9.17, 15) is 4.79 Å². The van der Waals surface area contributed by atoms with Gasteiger partial charge in [0, 0.05) is 13.0 Å². The first-order valence-corrected chi connectivity index (χ1v) is 3.22. The fourth-order valence-electron chi connectivity index (χ4n) is 0.882. The lowest BCUT2D eigenvalue weighted by molar-refractivity contribution is -0.120. The van der Waals surface area contributed by atoms with Crippen LogP contribution in [0.2, 0.25) is 0 Å². The fourth-order valence-corrected chi connectivity index (χ4v) is 0.882. The van der Waals surface area contributed by atoms with Crippen molar-refractivity contribution >= 4 is 5.91 Å². The molecule has 0 spiro atoms. The van der Waals surface area contributed by atoms with Gasteiger partial charge in [-0.05, 0) is 12.8 Å². The molecule has 1 fully saturated rings. The standard InChI is InChI=1S/C7H11NO/c1-6-2-3-7(9)8-5-4-6/h1-5H2,(H,8,9). The van der Waals surface area contributed by atoms with Crippen LogP contribution in [0.4, 0.5) is 0 Å². The molecule has 1 saturated heterocycles. The maximum atomic E-state index is 10.7. The van der Waals surface area contributed by atoms with Crippen LogP contribution in [0.15, 0.2) is 12.2 Å². The second-order valence-corrected chi connectivity index (χ2v) is 2.35. The van der Waals surface area contributed by atoms with E-state index in [1.165, 1.54) is 5.57 Å². The van der Waals surface area contributed by atoms with Gasteiger partial charge in [0.25, 0.3) is 0 Å². The molecule has 0 unspecified atom stereocenters. The zero-order valence-corrected chi connectivity index (χ0v) is 5.44. The number of nitrogens with one attached hydrogen (secondary N) is 1. The quantitative estimate of drug-likeness (QED) is 0.477. The van der Waals surface area contributed by atoms with Gasteiger partial charge in [0.1, 0.15) is 0 Å². The van der Waals surface area contributed by atoms with Crippen molar-refractivity contribution in [3.8, 4) is 0 Å².